The standard InChI is InChI=1S/C17H20N4O2/c18-11-13-3-1-2-10-21(13)17(23)14-4-5-15(20-16(14)22)12-6-8-19-9-7-12/h4-9,13H,1-3,10-11,18H2,(H,20,22). The van der Waals surface area contributed by atoms with Crippen molar-refractivity contribution in [1.82, 2.24) is 14.9 Å². The van der Waals surface area contributed by atoms with Crippen molar-refractivity contribution in [3.63, 3.8) is 0 Å². The fourth-order valence-corrected chi connectivity index (χ4v) is 3.01. The number of piperidine rings is 1. The van der Waals surface area contributed by atoms with Crippen LogP contribution in [0.3, 0.4) is 0 Å². The van der Waals surface area contributed by atoms with E-state index in [4.69, 9.17) is 5.73 Å². The van der Waals surface area contributed by atoms with Gasteiger partial charge in [0.05, 0.1) is 0 Å². The molecule has 0 spiro atoms. The second-order valence-corrected chi connectivity index (χ2v) is 5.73. The normalized spacial score (nSPS) is 18.0. The highest BCUT2D eigenvalue weighted by atomic mass is 16.2. The first-order valence-electron chi connectivity index (χ1n) is 7.85. The fourth-order valence-electron chi connectivity index (χ4n) is 3.01. The van der Waals surface area contributed by atoms with Crippen LogP contribution in [0, 0.1) is 0 Å². The van der Waals surface area contributed by atoms with E-state index in [1.807, 2.05) is 12.1 Å². The van der Waals surface area contributed by atoms with E-state index in [2.05, 4.69) is 9.97 Å². The minimum Gasteiger partial charge on any atom is -0.334 e. The first kappa shape index (κ1) is 15.4. The maximum atomic E-state index is 12.7. The minimum absolute atomic E-state index is 0.0236. The number of amides is 1. The lowest BCUT2D eigenvalue weighted by molar-refractivity contribution is 0.0621. The van der Waals surface area contributed by atoms with E-state index < -0.39 is 0 Å². The van der Waals surface area contributed by atoms with E-state index in [-0.39, 0.29) is 23.1 Å². The summed E-state index contributed by atoms with van der Waals surface area (Å²) in [4.78, 5) is 33.5. The molecule has 0 bridgehead atoms. The maximum absolute atomic E-state index is 12.7. The van der Waals surface area contributed by atoms with Gasteiger partial charge in [0.2, 0.25) is 0 Å². The van der Waals surface area contributed by atoms with E-state index in [0.29, 0.717) is 18.8 Å². The van der Waals surface area contributed by atoms with Gasteiger partial charge in [-0.25, -0.2) is 0 Å². The number of rotatable bonds is 3. The summed E-state index contributed by atoms with van der Waals surface area (Å²) < 4.78 is 0. The molecule has 0 aromatic carbocycles. The number of carbonyl (C=O) groups is 1. The number of hydrogen-bond donors (Lipinski definition) is 2. The Kier molecular flexibility index (Phi) is 4.52. The molecule has 120 valence electrons. The average molecular weight is 312 g/mol. The number of hydrogen-bond acceptors (Lipinski definition) is 4. The van der Waals surface area contributed by atoms with E-state index in [0.717, 1.165) is 24.8 Å². The second kappa shape index (κ2) is 6.75. The highest BCUT2D eigenvalue weighted by Gasteiger charge is 2.27. The lowest BCUT2D eigenvalue weighted by Gasteiger charge is -2.34. The Morgan fingerprint density at radius 2 is 2.04 bits per heavy atom. The quantitative estimate of drug-likeness (QED) is 0.896. The summed E-state index contributed by atoms with van der Waals surface area (Å²) in [6.45, 7) is 1.09. The molecule has 2 aromatic rings. The molecule has 0 radical (unpaired) electrons. The van der Waals surface area contributed by atoms with Crippen LogP contribution in [0.1, 0.15) is 29.6 Å². The molecule has 3 rings (SSSR count). The van der Waals surface area contributed by atoms with Gasteiger partial charge in [0, 0.05) is 42.8 Å². The number of carbonyl (C=O) groups excluding carboxylic acids is 1. The molecule has 0 aliphatic carbocycles. The van der Waals surface area contributed by atoms with Crippen molar-refractivity contribution in [2.75, 3.05) is 13.1 Å². The number of pyridine rings is 2. The summed E-state index contributed by atoms with van der Waals surface area (Å²) >= 11 is 0. The first-order valence-corrected chi connectivity index (χ1v) is 7.85. The molecular formula is C17H20N4O2. The van der Waals surface area contributed by atoms with Gasteiger partial charge in [0.1, 0.15) is 5.56 Å². The van der Waals surface area contributed by atoms with Crippen molar-refractivity contribution in [3.05, 3.63) is 52.6 Å². The number of H-pyrrole nitrogens is 1. The molecule has 1 fully saturated rings. The molecule has 1 atom stereocenters. The van der Waals surface area contributed by atoms with Crippen molar-refractivity contribution in [1.29, 1.82) is 0 Å². The molecule has 1 aliphatic heterocycles. The van der Waals surface area contributed by atoms with Gasteiger partial charge in [0.15, 0.2) is 0 Å². The van der Waals surface area contributed by atoms with Crippen LogP contribution >= 0.6 is 0 Å². The van der Waals surface area contributed by atoms with Gasteiger partial charge in [0.25, 0.3) is 11.5 Å². The molecule has 1 aliphatic rings. The Balaban J connectivity index is 1.89. The third-order valence-corrected chi connectivity index (χ3v) is 4.29. The van der Waals surface area contributed by atoms with Gasteiger partial charge in [-0.1, -0.05) is 0 Å². The summed E-state index contributed by atoms with van der Waals surface area (Å²) in [5.74, 6) is -0.234. The summed E-state index contributed by atoms with van der Waals surface area (Å²) in [7, 11) is 0. The zero-order valence-corrected chi connectivity index (χ0v) is 12.9. The summed E-state index contributed by atoms with van der Waals surface area (Å²) in [5.41, 5.74) is 7.09. The highest BCUT2D eigenvalue weighted by molar-refractivity contribution is 5.94. The van der Waals surface area contributed by atoms with E-state index in [1.54, 1.807) is 29.4 Å². The average Bonchev–Trinajstić information content (AvgIpc) is 2.61. The maximum Gasteiger partial charge on any atom is 0.261 e. The molecule has 23 heavy (non-hydrogen) atoms. The Hall–Kier alpha value is -2.47. The number of nitrogens with two attached hydrogens (primary N) is 1. The molecule has 1 unspecified atom stereocenters. The molecule has 6 nitrogen and oxygen atoms in total. The van der Waals surface area contributed by atoms with Gasteiger partial charge in [-0.05, 0) is 43.5 Å². The van der Waals surface area contributed by atoms with Crippen molar-refractivity contribution in [2.45, 2.75) is 25.3 Å². The smallest absolute Gasteiger partial charge is 0.261 e. The number of aromatic nitrogens is 2. The molecule has 1 saturated heterocycles. The first-order chi connectivity index (χ1) is 11.2. The lowest BCUT2D eigenvalue weighted by Crippen LogP contribution is -2.48. The zero-order valence-electron chi connectivity index (χ0n) is 12.9. The highest BCUT2D eigenvalue weighted by Crippen LogP contribution is 2.19. The molecular weight excluding hydrogens is 292 g/mol. The van der Waals surface area contributed by atoms with E-state index >= 15 is 0 Å². The van der Waals surface area contributed by atoms with Crippen LogP contribution in [0.5, 0.6) is 0 Å². The van der Waals surface area contributed by atoms with Crippen LogP contribution in [0.2, 0.25) is 0 Å². The predicted octanol–water partition coefficient (Wildman–Crippen LogP) is 1.39. The van der Waals surface area contributed by atoms with Gasteiger partial charge < -0.3 is 15.6 Å². The monoisotopic (exact) mass is 312 g/mol. The van der Waals surface area contributed by atoms with Crippen molar-refractivity contribution < 1.29 is 4.79 Å². The summed E-state index contributed by atoms with van der Waals surface area (Å²) in [6.07, 6.45) is 6.24. The van der Waals surface area contributed by atoms with Gasteiger partial charge in [-0.15, -0.1) is 0 Å². The largest absolute Gasteiger partial charge is 0.334 e. The van der Waals surface area contributed by atoms with Gasteiger partial charge in [-0.2, -0.15) is 0 Å². The zero-order chi connectivity index (χ0) is 16.2. The van der Waals surface area contributed by atoms with Crippen LogP contribution in [0.25, 0.3) is 11.3 Å². The van der Waals surface area contributed by atoms with Crippen LogP contribution in [-0.4, -0.2) is 39.9 Å². The summed E-state index contributed by atoms with van der Waals surface area (Å²) in [5, 5.41) is 0. The van der Waals surface area contributed by atoms with Crippen LogP contribution in [0.4, 0.5) is 0 Å². The predicted molar refractivity (Wildman–Crippen MR) is 88.0 cm³/mol. The van der Waals surface area contributed by atoms with Crippen LogP contribution in [-0.2, 0) is 0 Å². The molecule has 0 saturated carbocycles. The third-order valence-electron chi connectivity index (χ3n) is 4.29. The molecule has 3 N–H and O–H groups in total. The second-order valence-electron chi connectivity index (χ2n) is 5.73. The number of nitrogens with zero attached hydrogens (tertiary/aromatic N) is 2. The lowest BCUT2D eigenvalue weighted by atomic mass is 10.0. The van der Waals surface area contributed by atoms with Crippen molar-refractivity contribution >= 4 is 5.91 Å². The number of nitrogens with one attached hydrogen (secondary N) is 1. The number of likely N-dealkylation sites (tertiary alicyclic amines) is 1. The Morgan fingerprint density at radius 1 is 1.26 bits per heavy atom. The topological polar surface area (TPSA) is 92.1 Å². The summed E-state index contributed by atoms with van der Waals surface area (Å²) in [6, 6.07) is 6.99. The number of aromatic amines is 1. The molecule has 3 heterocycles. The van der Waals surface area contributed by atoms with E-state index in [9.17, 15) is 9.59 Å². The molecule has 1 amide bonds. The Morgan fingerprint density at radius 3 is 2.74 bits per heavy atom. The van der Waals surface area contributed by atoms with Crippen LogP contribution in [0.15, 0.2) is 41.5 Å². The van der Waals surface area contributed by atoms with Gasteiger partial charge in [-0.3, -0.25) is 14.6 Å². The SMILES string of the molecule is NCC1CCCCN1C(=O)c1ccc(-c2ccncc2)[nH]c1=O. The van der Waals surface area contributed by atoms with Crippen molar-refractivity contribution in [2.24, 2.45) is 5.73 Å². The van der Waals surface area contributed by atoms with Crippen molar-refractivity contribution in [3.8, 4) is 11.3 Å². The van der Waals surface area contributed by atoms with E-state index in [1.165, 1.54) is 0 Å². The molecule has 6 heteroatoms. The Bertz CT molecular complexity index is 742. The molecule has 2 aromatic heterocycles. The fraction of sp³-hybridized carbons (Fsp3) is 0.353. The van der Waals surface area contributed by atoms with Gasteiger partial charge >= 0.3 is 0 Å². The Labute approximate surface area is 134 Å². The minimum atomic E-state index is -0.370. The van der Waals surface area contributed by atoms with Crippen LogP contribution < -0.4 is 11.3 Å². The third kappa shape index (κ3) is 3.17.